The number of rotatable bonds is 2. The van der Waals surface area contributed by atoms with E-state index in [9.17, 15) is 4.79 Å². The molecule has 2 rings (SSSR count). The van der Waals surface area contributed by atoms with E-state index in [1.807, 2.05) is 6.07 Å². The van der Waals surface area contributed by atoms with Crippen LogP contribution in [0.2, 0.25) is 0 Å². The van der Waals surface area contributed by atoms with Crippen molar-refractivity contribution in [3.8, 4) is 11.3 Å². The monoisotopic (exact) mass is 186 g/mol. The quantitative estimate of drug-likeness (QED) is 0.534. The first-order valence-electron chi connectivity index (χ1n) is 3.97. The summed E-state index contributed by atoms with van der Waals surface area (Å²) in [6, 6.07) is 7.08. The van der Waals surface area contributed by atoms with Crippen LogP contribution in [0.4, 0.5) is 5.69 Å². The Kier molecular flexibility index (Phi) is 2.21. The average Bonchev–Trinajstić information content (AvgIpc) is 2.71. The standard InChI is InChI=1S/C10H6N2O2/c13-6-12-9-3-1-2-8(4-9)10-5-11-7-14-10/h1-5,7H. The molecule has 1 aromatic carbocycles. The predicted molar refractivity (Wildman–Crippen MR) is 49.7 cm³/mol. The number of aliphatic imine (C=N–C) groups is 1. The fourth-order valence-electron chi connectivity index (χ4n) is 1.14. The lowest BCUT2D eigenvalue weighted by molar-refractivity contribution is 0.565. The fraction of sp³-hybridized carbons (Fsp3) is 0. The molecule has 0 saturated carbocycles. The van der Waals surface area contributed by atoms with Crippen molar-refractivity contribution in [1.82, 2.24) is 4.98 Å². The van der Waals surface area contributed by atoms with Crippen LogP contribution in [0.25, 0.3) is 11.3 Å². The summed E-state index contributed by atoms with van der Waals surface area (Å²) in [5.74, 6) is 0.646. The van der Waals surface area contributed by atoms with Crippen LogP contribution in [0.1, 0.15) is 0 Å². The van der Waals surface area contributed by atoms with Gasteiger partial charge in [0, 0.05) is 5.56 Å². The molecule has 0 aliphatic carbocycles. The fourth-order valence-corrected chi connectivity index (χ4v) is 1.14. The van der Waals surface area contributed by atoms with Gasteiger partial charge in [-0.15, -0.1) is 0 Å². The highest BCUT2D eigenvalue weighted by Crippen LogP contribution is 2.22. The number of isocyanates is 1. The van der Waals surface area contributed by atoms with E-state index >= 15 is 0 Å². The van der Waals surface area contributed by atoms with Crippen molar-refractivity contribution in [1.29, 1.82) is 0 Å². The van der Waals surface area contributed by atoms with E-state index in [-0.39, 0.29) is 0 Å². The lowest BCUT2D eigenvalue weighted by Gasteiger charge is -1.95. The van der Waals surface area contributed by atoms with Gasteiger partial charge in [0.2, 0.25) is 6.08 Å². The third-order valence-electron chi connectivity index (χ3n) is 1.74. The van der Waals surface area contributed by atoms with Crippen LogP contribution in [0.3, 0.4) is 0 Å². The van der Waals surface area contributed by atoms with E-state index in [1.165, 1.54) is 12.5 Å². The molecule has 0 saturated heterocycles. The third kappa shape index (κ3) is 1.60. The first-order chi connectivity index (χ1) is 6.90. The van der Waals surface area contributed by atoms with Crippen molar-refractivity contribution >= 4 is 11.8 Å². The minimum atomic E-state index is 0.550. The molecule has 0 atom stereocenters. The maximum absolute atomic E-state index is 10.0. The molecule has 4 nitrogen and oxygen atoms in total. The lowest BCUT2D eigenvalue weighted by Crippen LogP contribution is -1.72. The van der Waals surface area contributed by atoms with Crippen molar-refractivity contribution in [3.63, 3.8) is 0 Å². The predicted octanol–water partition coefficient (Wildman–Crippen LogP) is 2.31. The molecule has 0 aliphatic rings. The molecule has 68 valence electrons. The topological polar surface area (TPSA) is 55.5 Å². The molecule has 1 heterocycles. The summed E-state index contributed by atoms with van der Waals surface area (Å²) in [5.41, 5.74) is 1.38. The summed E-state index contributed by atoms with van der Waals surface area (Å²) in [6.45, 7) is 0. The highest BCUT2D eigenvalue weighted by Gasteiger charge is 2.01. The van der Waals surface area contributed by atoms with Crippen molar-refractivity contribution in [2.45, 2.75) is 0 Å². The molecular formula is C10H6N2O2. The molecule has 0 aliphatic heterocycles. The maximum atomic E-state index is 10.0. The van der Waals surface area contributed by atoms with Crippen LogP contribution in [0.15, 0.2) is 46.3 Å². The third-order valence-corrected chi connectivity index (χ3v) is 1.74. The summed E-state index contributed by atoms with van der Waals surface area (Å²) in [5, 5.41) is 0. The van der Waals surface area contributed by atoms with E-state index in [1.54, 1.807) is 24.4 Å². The van der Waals surface area contributed by atoms with Gasteiger partial charge in [-0.05, 0) is 12.1 Å². The Balaban J connectivity index is 2.45. The molecule has 0 bridgehead atoms. The van der Waals surface area contributed by atoms with Gasteiger partial charge in [-0.1, -0.05) is 12.1 Å². The number of nitrogens with zero attached hydrogens (tertiary/aromatic N) is 2. The zero-order valence-electron chi connectivity index (χ0n) is 7.18. The van der Waals surface area contributed by atoms with Gasteiger partial charge in [0.05, 0.1) is 11.9 Å². The van der Waals surface area contributed by atoms with Crippen LogP contribution in [0, 0.1) is 0 Å². The molecule has 4 heteroatoms. The van der Waals surface area contributed by atoms with Gasteiger partial charge in [0.15, 0.2) is 12.2 Å². The molecular weight excluding hydrogens is 180 g/mol. The van der Waals surface area contributed by atoms with Gasteiger partial charge in [-0.3, -0.25) is 0 Å². The molecule has 2 aromatic rings. The number of hydrogen-bond acceptors (Lipinski definition) is 4. The van der Waals surface area contributed by atoms with E-state index in [4.69, 9.17) is 4.42 Å². The summed E-state index contributed by atoms with van der Waals surface area (Å²) in [6.07, 6.45) is 4.44. The second-order valence-electron chi connectivity index (χ2n) is 2.62. The SMILES string of the molecule is O=C=Nc1cccc(-c2cnco2)c1. The highest BCUT2D eigenvalue weighted by molar-refractivity contribution is 5.63. The summed E-state index contributed by atoms with van der Waals surface area (Å²) < 4.78 is 5.10. The maximum Gasteiger partial charge on any atom is 0.240 e. The van der Waals surface area contributed by atoms with Crippen LogP contribution in [0.5, 0.6) is 0 Å². The second-order valence-corrected chi connectivity index (χ2v) is 2.62. The summed E-state index contributed by atoms with van der Waals surface area (Å²) in [7, 11) is 0. The van der Waals surface area contributed by atoms with E-state index in [0.29, 0.717) is 11.4 Å². The van der Waals surface area contributed by atoms with Gasteiger partial charge in [0.25, 0.3) is 0 Å². The van der Waals surface area contributed by atoms with Gasteiger partial charge < -0.3 is 4.42 Å². The zero-order valence-corrected chi connectivity index (χ0v) is 7.18. The number of benzene rings is 1. The molecule has 1 aromatic heterocycles. The Morgan fingerprint density at radius 3 is 3.07 bits per heavy atom. The van der Waals surface area contributed by atoms with Crippen LogP contribution in [-0.4, -0.2) is 11.1 Å². The molecule has 0 spiro atoms. The zero-order chi connectivity index (χ0) is 9.80. The van der Waals surface area contributed by atoms with Crippen molar-refractivity contribution in [2.24, 2.45) is 4.99 Å². The summed E-state index contributed by atoms with van der Waals surface area (Å²) in [4.78, 5) is 17.4. The first-order valence-corrected chi connectivity index (χ1v) is 3.97. The van der Waals surface area contributed by atoms with Gasteiger partial charge in [-0.2, -0.15) is 4.99 Å². The Morgan fingerprint density at radius 2 is 2.36 bits per heavy atom. The Hall–Kier alpha value is -2.19. The number of oxazole rings is 1. The van der Waals surface area contributed by atoms with Crippen LogP contribution < -0.4 is 0 Å². The molecule has 14 heavy (non-hydrogen) atoms. The molecule has 0 N–H and O–H groups in total. The minimum absolute atomic E-state index is 0.550. The summed E-state index contributed by atoms with van der Waals surface area (Å²) >= 11 is 0. The van der Waals surface area contributed by atoms with Gasteiger partial charge >= 0.3 is 0 Å². The number of aromatic nitrogens is 1. The number of carbonyl (C=O) groups excluding carboxylic acids is 1. The van der Waals surface area contributed by atoms with Gasteiger partial charge in [-0.25, -0.2) is 9.78 Å². The largest absolute Gasteiger partial charge is 0.444 e. The lowest BCUT2D eigenvalue weighted by atomic mass is 10.2. The molecule has 0 unspecified atom stereocenters. The van der Waals surface area contributed by atoms with E-state index < -0.39 is 0 Å². The van der Waals surface area contributed by atoms with Crippen LogP contribution in [-0.2, 0) is 4.79 Å². The highest BCUT2D eigenvalue weighted by atomic mass is 16.3. The molecule has 0 amide bonds. The second kappa shape index (κ2) is 3.68. The van der Waals surface area contributed by atoms with Crippen LogP contribution >= 0.6 is 0 Å². The van der Waals surface area contributed by atoms with Crippen molar-refractivity contribution < 1.29 is 9.21 Å². The van der Waals surface area contributed by atoms with E-state index in [0.717, 1.165) is 5.56 Å². The molecule has 0 radical (unpaired) electrons. The smallest absolute Gasteiger partial charge is 0.240 e. The molecule has 0 fully saturated rings. The van der Waals surface area contributed by atoms with Crippen molar-refractivity contribution in [2.75, 3.05) is 0 Å². The Labute approximate surface area is 79.9 Å². The average molecular weight is 186 g/mol. The van der Waals surface area contributed by atoms with Crippen molar-refractivity contribution in [3.05, 3.63) is 36.9 Å². The first kappa shape index (κ1) is 8.41. The van der Waals surface area contributed by atoms with Gasteiger partial charge in [0.1, 0.15) is 0 Å². The number of hydrogen-bond donors (Lipinski definition) is 0. The minimum Gasteiger partial charge on any atom is -0.444 e. The normalized spacial score (nSPS) is 9.43. The van der Waals surface area contributed by atoms with E-state index in [2.05, 4.69) is 9.98 Å². The Morgan fingerprint density at radius 1 is 1.43 bits per heavy atom. The Bertz CT molecular complexity index is 471.